The Labute approximate surface area is 126 Å². The molecule has 1 saturated heterocycles. The molecule has 0 amide bonds. The Hall–Kier alpha value is -1.17. The Bertz CT molecular complexity index is 496. The summed E-state index contributed by atoms with van der Waals surface area (Å²) in [6, 6.07) is 1.98. The first-order valence-corrected chi connectivity index (χ1v) is 7.62. The topological polar surface area (TPSA) is 54.7 Å². The van der Waals surface area contributed by atoms with Crippen molar-refractivity contribution in [2.75, 3.05) is 33.4 Å². The van der Waals surface area contributed by atoms with Crippen LogP contribution in [-0.4, -0.2) is 59.8 Å². The zero-order chi connectivity index (χ0) is 15.4. The molecule has 1 atom stereocenters. The van der Waals surface area contributed by atoms with E-state index >= 15 is 0 Å². The first kappa shape index (κ1) is 16.2. The molecule has 1 fully saturated rings. The van der Waals surface area contributed by atoms with Gasteiger partial charge in [-0.3, -0.25) is 9.69 Å². The summed E-state index contributed by atoms with van der Waals surface area (Å²) in [5.74, 6) is 0.148. The number of aliphatic hydroxyl groups is 1. The van der Waals surface area contributed by atoms with Crippen LogP contribution in [0.2, 0.25) is 0 Å². The summed E-state index contributed by atoms with van der Waals surface area (Å²) in [7, 11) is 1.70. The lowest BCUT2D eigenvalue weighted by Crippen LogP contribution is -2.28. The monoisotopic (exact) mass is 294 g/mol. The normalized spacial score (nSPS) is 19.3. The molecule has 1 N–H and O–H groups in total. The van der Waals surface area contributed by atoms with Gasteiger partial charge in [0.2, 0.25) is 0 Å². The van der Waals surface area contributed by atoms with E-state index < -0.39 is 0 Å². The summed E-state index contributed by atoms with van der Waals surface area (Å²) in [6.45, 7) is 7.46. The Balaban J connectivity index is 2.02. The Morgan fingerprint density at radius 3 is 2.86 bits per heavy atom. The van der Waals surface area contributed by atoms with Gasteiger partial charge in [-0.05, 0) is 32.8 Å². The van der Waals surface area contributed by atoms with Crippen molar-refractivity contribution < 1.29 is 14.6 Å². The molecule has 1 aromatic heterocycles. The fraction of sp³-hybridized carbons (Fsp3) is 0.688. The summed E-state index contributed by atoms with van der Waals surface area (Å²) in [6.07, 6.45) is 1.43. The molecule has 5 nitrogen and oxygen atoms in total. The van der Waals surface area contributed by atoms with E-state index in [0.29, 0.717) is 13.1 Å². The van der Waals surface area contributed by atoms with E-state index in [1.54, 1.807) is 7.11 Å². The van der Waals surface area contributed by atoms with Crippen LogP contribution in [0.1, 0.15) is 34.6 Å². The van der Waals surface area contributed by atoms with Crippen LogP contribution in [0.4, 0.5) is 0 Å². The van der Waals surface area contributed by atoms with Crippen molar-refractivity contribution in [1.29, 1.82) is 0 Å². The molecular weight excluding hydrogens is 268 g/mol. The van der Waals surface area contributed by atoms with Crippen LogP contribution in [0, 0.1) is 13.8 Å². The van der Waals surface area contributed by atoms with E-state index in [2.05, 4.69) is 4.57 Å². The molecule has 1 unspecified atom stereocenters. The third-order valence-electron chi connectivity index (χ3n) is 4.22. The number of aryl methyl sites for hydroxylation is 1. The van der Waals surface area contributed by atoms with E-state index in [1.807, 2.05) is 24.8 Å². The largest absolute Gasteiger partial charge is 0.392 e. The van der Waals surface area contributed by atoms with E-state index in [0.717, 1.165) is 49.5 Å². The second kappa shape index (κ2) is 7.20. The van der Waals surface area contributed by atoms with Crippen LogP contribution in [0.5, 0.6) is 0 Å². The number of β-amino-alcohol motifs (C(OH)–C–C–N with tert-alkyl or cyclic N) is 1. The molecule has 1 aliphatic rings. The highest BCUT2D eigenvalue weighted by Crippen LogP contribution is 2.18. The molecule has 0 spiro atoms. The quantitative estimate of drug-likeness (QED) is 0.610. The van der Waals surface area contributed by atoms with E-state index in [1.165, 1.54) is 0 Å². The van der Waals surface area contributed by atoms with Gasteiger partial charge in [0, 0.05) is 50.3 Å². The predicted molar refractivity (Wildman–Crippen MR) is 81.8 cm³/mol. The van der Waals surface area contributed by atoms with Gasteiger partial charge in [-0.2, -0.15) is 0 Å². The minimum absolute atomic E-state index is 0.148. The second-order valence-corrected chi connectivity index (χ2v) is 5.88. The number of ketones is 1. The molecule has 0 aromatic carbocycles. The minimum atomic E-state index is -0.278. The molecule has 1 aliphatic heterocycles. The van der Waals surface area contributed by atoms with Crippen molar-refractivity contribution in [3.8, 4) is 0 Å². The van der Waals surface area contributed by atoms with Gasteiger partial charge in [0.25, 0.3) is 0 Å². The number of aliphatic hydroxyl groups excluding tert-OH is 1. The number of aromatic nitrogens is 1. The number of likely N-dealkylation sites (tertiary alicyclic amines) is 1. The summed E-state index contributed by atoms with van der Waals surface area (Å²) in [5, 5.41) is 9.54. The maximum atomic E-state index is 12.5. The summed E-state index contributed by atoms with van der Waals surface area (Å²) in [4.78, 5) is 14.5. The molecule has 21 heavy (non-hydrogen) atoms. The Morgan fingerprint density at radius 2 is 2.24 bits per heavy atom. The van der Waals surface area contributed by atoms with Gasteiger partial charge in [-0.1, -0.05) is 0 Å². The number of ether oxygens (including phenoxy) is 1. The molecule has 1 aromatic rings. The van der Waals surface area contributed by atoms with Crippen molar-refractivity contribution in [3.63, 3.8) is 0 Å². The summed E-state index contributed by atoms with van der Waals surface area (Å²) in [5.41, 5.74) is 2.97. The number of carbonyl (C=O) groups is 1. The molecule has 2 rings (SSSR count). The van der Waals surface area contributed by atoms with Crippen LogP contribution < -0.4 is 0 Å². The van der Waals surface area contributed by atoms with Gasteiger partial charge in [0.05, 0.1) is 12.6 Å². The lowest BCUT2D eigenvalue weighted by Gasteiger charge is -2.14. The van der Waals surface area contributed by atoms with Crippen molar-refractivity contribution in [2.24, 2.45) is 0 Å². The molecule has 0 radical (unpaired) electrons. The fourth-order valence-electron chi connectivity index (χ4n) is 3.04. The first-order chi connectivity index (χ1) is 10.0. The number of Topliss-reactive ketones (excluding diaryl/α,β-unsaturated/α-hetero) is 1. The van der Waals surface area contributed by atoms with Gasteiger partial charge in [0.15, 0.2) is 5.78 Å². The number of methoxy groups -OCH3 is 1. The minimum Gasteiger partial charge on any atom is -0.392 e. The Morgan fingerprint density at radius 1 is 1.48 bits per heavy atom. The van der Waals surface area contributed by atoms with Crippen molar-refractivity contribution in [2.45, 2.75) is 39.3 Å². The van der Waals surface area contributed by atoms with Crippen molar-refractivity contribution in [3.05, 3.63) is 23.0 Å². The zero-order valence-electron chi connectivity index (χ0n) is 13.3. The highest BCUT2D eigenvalue weighted by molar-refractivity contribution is 5.99. The fourth-order valence-corrected chi connectivity index (χ4v) is 3.04. The average molecular weight is 294 g/mol. The molecule has 5 heteroatoms. The molecule has 0 saturated carbocycles. The van der Waals surface area contributed by atoms with Crippen LogP contribution >= 0.6 is 0 Å². The van der Waals surface area contributed by atoms with Gasteiger partial charge in [0.1, 0.15) is 0 Å². The lowest BCUT2D eigenvalue weighted by atomic mass is 10.1. The predicted octanol–water partition coefficient (Wildman–Crippen LogP) is 1.39. The van der Waals surface area contributed by atoms with Gasteiger partial charge < -0.3 is 14.4 Å². The third-order valence-corrected chi connectivity index (χ3v) is 4.22. The third kappa shape index (κ3) is 3.93. The number of rotatable bonds is 7. The van der Waals surface area contributed by atoms with Crippen LogP contribution in [0.3, 0.4) is 0 Å². The van der Waals surface area contributed by atoms with E-state index in [9.17, 15) is 9.90 Å². The molecule has 118 valence electrons. The standard InChI is InChI=1S/C16H26N2O3/c1-12-9-15(13(2)18(12)6-4-8-21-3)16(20)11-17-7-5-14(19)10-17/h9,14,19H,4-8,10-11H2,1-3H3. The van der Waals surface area contributed by atoms with Gasteiger partial charge in [-0.15, -0.1) is 0 Å². The van der Waals surface area contributed by atoms with Crippen molar-refractivity contribution in [1.82, 2.24) is 9.47 Å². The van der Waals surface area contributed by atoms with Crippen LogP contribution in [-0.2, 0) is 11.3 Å². The number of hydrogen-bond acceptors (Lipinski definition) is 4. The number of hydrogen-bond donors (Lipinski definition) is 1. The SMILES string of the molecule is COCCCn1c(C)cc(C(=O)CN2CCC(O)C2)c1C. The lowest BCUT2D eigenvalue weighted by molar-refractivity contribution is 0.0934. The second-order valence-electron chi connectivity index (χ2n) is 5.88. The summed E-state index contributed by atoms with van der Waals surface area (Å²) < 4.78 is 7.27. The molecule has 0 bridgehead atoms. The average Bonchev–Trinajstić information content (AvgIpc) is 2.96. The van der Waals surface area contributed by atoms with E-state index in [-0.39, 0.29) is 11.9 Å². The van der Waals surface area contributed by atoms with Crippen molar-refractivity contribution >= 4 is 5.78 Å². The number of carbonyl (C=O) groups excluding carboxylic acids is 1. The zero-order valence-corrected chi connectivity index (χ0v) is 13.3. The molecule has 0 aliphatic carbocycles. The highest BCUT2D eigenvalue weighted by atomic mass is 16.5. The molecular formula is C16H26N2O3. The van der Waals surface area contributed by atoms with Gasteiger partial charge >= 0.3 is 0 Å². The highest BCUT2D eigenvalue weighted by Gasteiger charge is 2.24. The Kier molecular flexibility index (Phi) is 5.56. The van der Waals surface area contributed by atoms with Gasteiger partial charge in [-0.25, -0.2) is 0 Å². The first-order valence-electron chi connectivity index (χ1n) is 7.62. The van der Waals surface area contributed by atoms with E-state index in [4.69, 9.17) is 4.74 Å². The molecule has 2 heterocycles. The summed E-state index contributed by atoms with van der Waals surface area (Å²) >= 11 is 0. The number of nitrogens with zero attached hydrogens (tertiary/aromatic N) is 2. The smallest absolute Gasteiger partial charge is 0.178 e. The maximum Gasteiger partial charge on any atom is 0.178 e. The van der Waals surface area contributed by atoms with Crippen LogP contribution in [0.15, 0.2) is 6.07 Å². The maximum absolute atomic E-state index is 12.5. The van der Waals surface area contributed by atoms with Crippen LogP contribution in [0.25, 0.3) is 0 Å².